The van der Waals surface area contributed by atoms with Crippen LogP contribution in [0.4, 0.5) is 0 Å². The quantitative estimate of drug-likeness (QED) is 0.901. The Morgan fingerprint density at radius 3 is 2.76 bits per heavy atom. The molecule has 1 aromatic rings. The first-order valence-corrected chi connectivity index (χ1v) is 6.35. The molecular weight excluding hydrogens is 286 g/mol. The summed E-state index contributed by atoms with van der Waals surface area (Å²) in [5.41, 5.74) is 0.563. The van der Waals surface area contributed by atoms with Crippen molar-refractivity contribution in [1.82, 2.24) is 4.57 Å². The summed E-state index contributed by atoms with van der Waals surface area (Å²) in [6.45, 7) is 6.03. The maximum atomic E-state index is 11.8. The Labute approximate surface area is 109 Å². The Kier molecular flexibility index (Phi) is 5.36. The maximum Gasteiger partial charge on any atom is 0.253 e. The van der Waals surface area contributed by atoms with Crippen molar-refractivity contribution < 1.29 is 9.84 Å². The van der Waals surface area contributed by atoms with Gasteiger partial charge in [-0.25, -0.2) is 0 Å². The number of halogens is 1. The van der Waals surface area contributed by atoms with Crippen molar-refractivity contribution in [3.8, 4) is 0 Å². The fourth-order valence-corrected chi connectivity index (χ4v) is 2.05. The molecule has 0 fully saturated rings. The van der Waals surface area contributed by atoms with Gasteiger partial charge in [0.05, 0.1) is 25.4 Å². The standard InChI is InChI=1S/C12H18BrNO3/c1-8(2)17-7-11(15)6-14-5-10(13)4-9(3)12(14)16/h4-5,8,11,15H,6-7H2,1-3H3/t11-/m0/s1. The Morgan fingerprint density at radius 1 is 1.53 bits per heavy atom. The lowest BCUT2D eigenvalue weighted by Crippen LogP contribution is -2.30. The molecule has 0 aliphatic heterocycles. The van der Waals surface area contributed by atoms with Crippen LogP contribution in [-0.2, 0) is 11.3 Å². The molecule has 1 N–H and O–H groups in total. The minimum absolute atomic E-state index is 0.0746. The van der Waals surface area contributed by atoms with Crippen LogP contribution >= 0.6 is 15.9 Å². The minimum Gasteiger partial charge on any atom is -0.389 e. The first-order valence-electron chi connectivity index (χ1n) is 5.56. The number of rotatable bonds is 5. The zero-order valence-corrected chi connectivity index (χ0v) is 11.9. The number of aromatic nitrogens is 1. The van der Waals surface area contributed by atoms with Crippen molar-refractivity contribution in [1.29, 1.82) is 0 Å². The third-order valence-electron chi connectivity index (χ3n) is 2.26. The molecule has 0 aromatic carbocycles. The minimum atomic E-state index is -0.677. The van der Waals surface area contributed by atoms with Gasteiger partial charge in [-0.3, -0.25) is 4.79 Å². The first-order chi connectivity index (χ1) is 7.90. The molecular formula is C12H18BrNO3. The molecule has 0 radical (unpaired) electrons. The zero-order chi connectivity index (χ0) is 13.0. The molecule has 0 saturated carbocycles. The third kappa shape index (κ3) is 4.61. The van der Waals surface area contributed by atoms with Crippen molar-refractivity contribution in [3.05, 3.63) is 32.7 Å². The van der Waals surface area contributed by atoms with Crippen LogP contribution in [-0.4, -0.2) is 28.5 Å². The zero-order valence-electron chi connectivity index (χ0n) is 10.3. The second kappa shape index (κ2) is 6.33. The molecule has 1 atom stereocenters. The van der Waals surface area contributed by atoms with E-state index in [1.54, 1.807) is 19.2 Å². The van der Waals surface area contributed by atoms with Gasteiger partial charge in [0.1, 0.15) is 0 Å². The van der Waals surface area contributed by atoms with Crippen LogP contribution in [0.25, 0.3) is 0 Å². The SMILES string of the molecule is Cc1cc(Br)cn(C[C@H](O)COC(C)C)c1=O. The summed E-state index contributed by atoms with van der Waals surface area (Å²) in [5, 5.41) is 9.76. The molecule has 0 saturated heterocycles. The number of hydrogen-bond donors (Lipinski definition) is 1. The van der Waals surface area contributed by atoms with Gasteiger partial charge in [-0.2, -0.15) is 0 Å². The number of ether oxygens (including phenoxy) is 1. The van der Waals surface area contributed by atoms with Gasteiger partial charge in [-0.15, -0.1) is 0 Å². The summed E-state index contributed by atoms with van der Waals surface area (Å²) in [4.78, 5) is 11.8. The second-order valence-electron chi connectivity index (χ2n) is 4.33. The number of pyridine rings is 1. The predicted molar refractivity (Wildman–Crippen MR) is 70.2 cm³/mol. The molecule has 0 spiro atoms. The number of aliphatic hydroxyl groups excluding tert-OH is 1. The smallest absolute Gasteiger partial charge is 0.253 e. The van der Waals surface area contributed by atoms with E-state index >= 15 is 0 Å². The van der Waals surface area contributed by atoms with Gasteiger partial charge in [0.25, 0.3) is 5.56 Å². The lowest BCUT2D eigenvalue weighted by atomic mass is 10.3. The van der Waals surface area contributed by atoms with E-state index in [1.165, 1.54) is 4.57 Å². The van der Waals surface area contributed by atoms with Crippen LogP contribution in [0.15, 0.2) is 21.5 Å². The molecule has 0 bridgehead atoms. The third-order valence-corrected chi connectivity index (χ3v) is 2.69. The summed E-state index contributed by atoms with van der Waals surface area (Å²) >= 11 is 3.33. The van der Waals surface area contributed by atoms with Crippen molar-refractivity contribution in [2.75, 3.05) is 6.61 Å². The lowest BCUT2D eigenvalue weighted by Gasteiger charge is -2.15. The summed E-state index contributed by atoms with van der Waals surface area (Å²) in [6, 6.07) is 1.76. The van der Waals surface area contributed by atoms with Crippen molar-refractivity contribution in [3.63, 3.8) is 0 Å². The highest BCUT2D eigenvalue weighted by Gasteiger charge is 2.09. The van der Waals surface area contributed by atoms with Gasteiger partial charge in [0, 0.05) is 16.2 Å². The molecule has 0 amide bonds. The van der Waals surface area contributed by atoms with E-state index in [1.807, 2.05) is 13.8 Å². The van der Waals surface area contributed by atoms with E-state index in [0.29, 0.717) is 5.56 Å². The molecule has 96 valence electrons. The average molecular weight is 304 g/mol. The number of aryl methyl sites for hydroxylation is 1. The lowest BCUT2D eigenvalue weighted by molar-refractivity contribution is -0.00110. The first kappa shape index (κ1) is 14.4. The summed E-state index contributed by atoms with van der Waals surface area (Å²) < 4.78 is 7.62. The molecule has 1 aromatic heterocycles. The Morgan fingerprint density at radius 2 is 2.18 bits per heavy atom. The normalized spacial score (nSPS) is 13.1. The fraction of sp³-hybridized carbons (Fsp3) is 0.583. The van der Waals surface area contributed by atoms with Gasteiger partial charge < -0.3 is 14.4 Å². The van der Waals surface area contributed by atoms with Crippen molar-refractivity contribution in [2.24, 2.45) is 0 Å². The summed E-state index contributed by atoms with van der Waals surface area (Å²) in [5.74, 6) is 0. The van der Waals surface area contributed by atoms with Crippen LogP contribution in [0.3, 0.4) is 0 Å². The molecule has 17 heavy (non-hydrogen) atoms. The maximum absolute atomic E-state index is 11.8. The van der Waals surface area contributed by atoms with Gasteiger partial charge in [-0.1, -0.05) is 0 Å². The van der Waals surface area contributed by atoms with E-state index in [9.17, 15) is 9.90 Å². The molecule has 4 nitrogen and oxygen atoms in total. The van der Waals surface area contributed by atoms with Crippen LogP contribution in [0.2, 0.25) is 0 Å². The largest absolute Gasteiger partial charge is 0.389 e. The molecule has 1 rings (SSSR count). The van der Waals surface area contributed by atoms with Crippen LogP contribution in [0.1, 0.15) is 19.4 Å². The molecule has 0 aliphatic carbocycles. The highest BCUT2D eigenvalue weighted by Crippen LogP contribution is 2.08. The predicted octanol–water partition coefficient (Wildman–Crippen LogP) is 1.71. The Balaban J connectivity index is 2.71. The Bertz CT molecular complexity index is 428. The van der Waals surface area contributed by atoms with E-state index in [-0.39, 0.29) is 24.8 Å². The molecule has 0 unspecified atom stereocenters. The van der Waals surface area contributed by atoms with Gasteiger partial charge in [0.15, 0.2) is 0 Å². The van der Waals surface area contributed by atoms with Crippen molar-refractivity contribution in [2.45, 2.75) is 39.5 Å². The summed E-state index contributed by atoms with van der Waals surface area (Å²) in [6.07, 6.45) is 1.07. The van der Waals surface area contributed by atoms with Gasteiger partial charge in [-0.05, 0) is 42.8 Å². The monoisotopic (exact) mass is 303 g/mol. The highest BCUT2D eigenvalue weighted by atomic mass is 79.9. The van der Waals surface area contributed by atoms with Crippen LogP contribution in [0, 0.1) is 6.92 Å². The Hall–Kier alpha value is -0.650. The second-order valence-corrected chi connectivity index (χ2v) is 5.25. The highest BCUT2D eigenvalue weighted by molar-refractivity contribution is 9.10. The van der Waals surface area contributed by atoms with E-state index in [0.717, 1.165) is 4.47 Å². The van der Waals surface area contributed by atoms with Crippen LogP contribution < -0.4 is 5.56 Å². The average Bonchev–Trinajstić information content (AvgIpc) is 2.22. The molecule has 0 aliphatic rings. The topological polar surface area (TPSA) is 51.5 Å². The van der Waals surface area contributed by atoms with Crippen molar-refractivity contribution >= 4 is 15.9 Å². The van der Waals surface area contributed by atoms with Crippen LogP contribution in [0.5, 0.6) is 0 Å². The molecule has 1 heterocycles. The fourth-order valence-electron chi connectivity index (χ4n) is 1.46. The number of aliphatic hydroxyl groups is 1. The van der Waals surface area contributed by atoms with Gasteiger partial charge in [0.2, 0.25) is 0 Å². The van der Waals surface area contributed by atoms with E-state index in [2.05, 4.69) is 15.9 Å². The van der Waals surface area contributed by atoms with E-state index < -0.39 is 6.10 Å². The molecule has 5 heteroatoms. The van der Waals surface area contributed by atoms with Gasteiger partial charge >= 0.3 is 0 Å². The summed E-state index contributed by atoms with van der Waals surface area (Å²) in [7, 11) is 0. The van der Waals surface area contributed by atoms with E-state index in [4.69, 9.17) is 4.74 Å². The number of nitrogens with zero attached hydrogens (tertiary/aromatic N) is 1. The number of hydrogen-bond acceptors (Lipinski definition) is 3.